The van der Waals surface area contributed by atoms with Crippen LogP contribution in [0.4, 0.5) is 0 Å². The summed E-state index contributed by atoms with van der Waals surface area (Å²) in [4.78, 5) is 26.2. The lowest BCUT2D eigenvalue weighted by Gasteiger charge is -2.34. The molecule has 3 atom stereocenters. The standard InChI is InChI=1S/C23H27N3O3S/c1-14-8-7-11-19(15(14)2)24-21(27)13-29-23(28)20-12-18-16(3)25-26(22(18)30-20)17-9-5-4-6-10-17/h4-6,9-10,12,14-15,19H,7-8,11,13H2,1-3H3,(H,24,27)/t14-,15+,19+/m0/s1. The van der Waals surface area contributed by atoms with E-state index in [9.17, 15) is 9.59 Å². The van der Waals surface area contributed by atoms with E-state index in [1.807, 2.05) is 41.9 Å². The van der Waals surface area contributed by atoms with Crippen molar-refractivity contribution in [2.24, 2.45) is 11.8 Å². The SMILES string of the molecule is Cc1nn(-c2ccccc2)c2sc(C(=O)OCC(=O)N[C@@H]3CCC[C@H](C)[C@H]3C)cc12. The molecule has 1 amide bonds. The molecule has 1 aromatic carbocycles. The number of fused-ring (bicyclic) bond motifs is 1. The third-order valence-electron chi connectivity index (χ3n) is 6.13. The molecule has 1 aliphatic carbocycles. The van der Waals surface area contributed by atoms with Crippen LogP contribution < -0.4 is 5.32 Å². The predicted octanol–water partition coefficient (Wildman–Crippen LogP) is 4.49. The lowest BCUT2D eigenvalue weighted by molar-refractivity contribution is -0.125. The van der Waals surface area contributed by atoms with E-state index in [2.05, 4.69) is 24.3 Å². The van der Waals surface area contributed by atoms with Crippen LogP contribution >= 0.6 is 11.3 Å². The Morgan fingerprint density at radius 2 is 2.00 bits per heavy atom. The first-order valence-corrected chi connectivity index (χ1v) is 11.3. The van der Waals surface area contributed by atoms with E-state index in [1.165, 1.54) is 17.8 Å². The number of carbonyl (C=O) groups excluding carboxylic acids is 2. The number of aryl methyl sites for hydroxylation is 1. The van der Waals surface area contributed by atoms with Gasteiger partial charge < -0.3 is 10.1 Å². The summed E-state index contributed by atoms with van der Waals surface area (Å²) in [5.41, 5.74) is 1.79. The van der Waals surface area contributed by atoms with Crippen LogP contribution in [0, 0.1) is 18.8 Å². The summed E-state index contributed by atoms with van der Waals surface area (Å²) >= 11 is 1.33. The Labute approximate surface area is 180 Å². The monoisotopic (exact) mass is 425 g/mol. The summed E-state index contributed by atoms with van der Waals surface area (Å²) in [6.45, 7) is 6.07. The van der Waals surface area contributed by atoms with Crippen LogP contribution in [0.3, 0.4) is 0 Å². The molecule has 0 bridgehead atoms. The van der Waals surface area contributed by atoms with E-state index < -0.39 is 5.97 Å². The first-order chi connectivity index (χ1) is 14.4. The first kappa shape index (κ1) is 20.6. The van der Waals surface area contributed by atoms with Gasteiger partial charge in [0.15, 0.2) is 6.61 Å². The van der Waals surface area contributed by atoms with Gasteiger partial charge >= 0.3 is 5.97 Å². The van der Waals surface area contributed by atoms with Crippen molar-refractivity contribution in [1.82, 2.24) is 15.1 Å². The molecule has 2 heterocycles. The first-order valence-electron chi connectivity index (χ1n) is 10.4. The Bertz CT molecular complexity index is 1060. The van der Waals surface area contributed by atoms with E-state index in [0.717, 1.165) is 34.4 Å². The molecule has 2 aromatic heterocycles. The minimum absolute atomic E-state index is 0.156. The van der Waals surface area contributed by atoms with Crippen molar-refractivity contribution < 1.29 is 14.3 Å². The van der Waals surface area contributed by atoms with E-state index in [1.54, 1.807) is 6.07 Å². The molecule has 0 unspecified atom stereocenters. The van der Waals surface area contributed by atoms with Gasteiger partial charge in [0.2, 0.25) is 0 Å². The predicted molar refractivity (Wildman–Crippen MR) is 118 cm³/mol. The number of carbonyl (C=O) groups is 2. The number of nitrogens with zero attached hydrogens (tertiary/aromatic N) is 2. The fraction of sp³-hybridized carbons (Fsp3) is 0.435. The van der Waals surface area contributed by atoms with Gasteiger partial charge in [-0.1, -0.05) is 44.9 Å². The molecular weight excluding hydrogens is 398 g/mol. The van der Waals surface area contributed by atoms with Crippen LogP contribution in [-0.2, 0) is 9.53 Å². The molecule has 158 valence electrons. The Hall–Kier alpha value is -2.67. The van der Waals surface area contributed by atoms with Crippen LogP contribution in [0.15, 0.2) is 36.4 Å². The average Bonchev–Trinajstić information content (AvgIpc) is 3.31. The van der Waals surface area contributed by atoms with Gasteiger partial charge in [0.1, 0.15) is 9.71 Å². The quantitative estimate of drug-likeness (QED) is 0.611. The highest BCUT2D eigenvalue weighted by Crippen LogP contribution is 2.31. The van der Waals surface area contributed by atoms with Crippen LogP contribution in [-0.4, -0.2) is 34.3 Å². The zero-order chi connectivity index (χ0) is 21.3. The fourth-order valence-electron chi connectivity index (χ4n) is 4.13. The summed E-state index contributed by atoms with van der Waals surface area (Å²) in [7, 11) is 0. The van der Waals surface area contributed by atoms with Gasteiger partial charge in [-0.05, 0) is 43.4 Å². The second-order valence-corrected chi connectivity index (χ2v) is 9.21. The Kier molecular flexibility index (Phi) is 5.90. The molecule has 3 aromatic rings. The maximum absolute atomic E-state index is 12.6. The Morgan fingerprint density at radius 3 is 2.77 bits per heavy atom. The largest absolute Gasteiger partial charge is 0.451 e. The topological polar surface area (TPSA) is 73.2 Å². The van der Waals surface area contributed by atoms with Crippen molar-refractivity contribution in [3.63, 3.8) is 0 Å². The van der Waals surface area contributed by atoms with Gasteiger partial charge in [-0.2, -0.15) is 5.10 Å². The van der Waals surface area contributed by atoms with Crippen LogP contribution in [0.25, 0.3) is 15.9 Å². The number of hydrogen-bond donors (Lipinski definition) is 1. The zero-order valence-corrected chi connectivity index (χ0v) is 18.4. The second-order valence-electron chi connectivity index (χ2n) is 8.18. The van der Waals surface area contributed by atoms with Crippen molar-refractivity contribution >= 4 is 33.4 Å². The van der Waals surface area contributed by atoms with Crippen molar-refractivity contribution in [1.29, 1.82) is 0 Å². The number of amides is 1. The van der Waals surface area contributed by atoms with Gasteiger partial charge in [0.05, 0.1) is 11.4 Å². The summed E-state index contributed by atoms with van der Waals surface area (Å²) in [6.07, 6.45) is 3.31. The van der Waals surface area contributed by atoms with E-state index in [4.69, 9.17) is 4.74 Å². The number of benzene rings is 1. The molecule has 1 saturated carbocycles. The number of para-hydroxylation sites is 1. The summed E-state index contributed by atoms with van der Waals surface area (Å²) in [5.74, 6) is 0.319. The molecule has 7 heteroatoms. The summed E-state index contributed by atoms with van der Waals surface area (Å²) < 4.78 is 7.15. The van der Waals surface area contributed by atoms with E-state index in [0.29, 0.717) is 16.7 Å². The third-order valence-corrected chi connectivity index (χ3v) is 7.22. The maximum atomic E-state index is 12.6. The molecule has 30 heavy (non-hydrogen) atoms. The number of esters is 1. The molecule has 6 nitrogen and oxygen atoms in total. The lowest BCUT2D eigenvalue weighted by Crippen LogP contribution is -2.45. The van der Waals surface area contributed by atoms with Crippen molar-refractivity contribution in [2.45, 2.75) is 46.1 Å². The molecule has 4 rings (SSSR count). The highest BCUT2D eigenvalue weighted by Gasteiger charge is 2.28. The lowest BCUT2D eigenvalue weighted by atomic mass is 9.78. The van der Waals surface area contributed by atoms with Gasteiger partial charge in [-0.15, -0.1) is 11.3 Å². The van der Waals surface area contributed by atoms with Gasteiger partial charge in [0, 0.05) is 11.4 Å². The molecule has 1 fully saturated rings. The average molecular weight is 426 g/mol. The number of nitrogens with one attached hydrogen (secondary N) is 1. The Morgan fingerprint density at radius 1 is 1.23 bits per heavy atom. The maximum Gasteiger partial charge on any atom is 0.348 e. The van der Waals surface area contributed by atoms with Crippen molar-refractivity contribution in [2.75, 3.05) is 6.61 Å². The smallest absolute Gasteiger partial charge is 0.348 e. The van der Waals surface area contributed by atoms with E-state index in [-0.39, 0.29) is 18.6 Å². The number of hydrogen-bond acceptors (Lipinski definition) is 5. The van der Waals surface area contributed by atoms with Gasteiger partial charge in [-0.25, -0.2) is 9.48 Å². The molecule has 1 aliphatic rings. The molecule has 0 radical (unpaired) electrons. The number of aromatic nitrogens is 2. The fourth-order valence-corrected chi connectivity index (χ4v) is 5.21. The highest BCUT2D eigenvalue weighted by atomic mass is 32.1. The highest BCUT2D eigenvalue weighted by molar-refractivity contribution is 7.20. The van der Waals surface area contributed by atoms with Crippen molar-refractivity contribution in [3.05, 3.63) is 47.0 Å². The molecule has 1 N–H and O–H groups in total. The van der Waals surface area contributed by atoms with Gasteiger partial charge in [0.25, 0.3) is 5.91 Å². The molecule has 0 aliphatic heterocycles. The van der Waals surface area contributed by atoms with Gasteiger partial charge in [-0.3, -0.25) is 4.79 Å². The van der Waals surface area contributed by atoms with Crippen molar-refractivity contribution in [3.8, 4) is 5.69 Å². The minimum atomic E-state index is -0.476. The van der Waals surface area contributed by atoms with Crippen LogP contribution in [0.1, 0.15) is 48.5 Å². The van der Waals surface area contributed by atoms with Crippen LogP contribution in [0.2, 0.25) is 0 Å². The number of ether oxygens (including phenoxy) is 1. The molecular formula is C23H27N3O3S. The normalized spacial score (nSPS) is 21.5. The second kappa shape index (κ2) is 8.60. The Balaban J connectivity index is 1.42. The number of rotatable bonds is 5. The molecule has 0 saturated heterocycles. The van der Waals surface area contributed by atoms with E-state index >= 15 is 0 Å². The van der Waals surface area contributed by atoms with Crippen LogP contribution in [0.5, 0.6) is 0 Å². The third kappa shape index (κ3) is 4.12. The minimum Gasteiger partial charge on any atom is -0.451 e. The number of thiophene rings is 1. The summed E-state index contributed by atoms with van der Waals surface area (Å²) in [5, 5.41) is 8.55. The zero-order valence-electron chi connectivity index (χ0n) is 17.6. The summed E-state index contributed by atoms with van der Waals surface area (Å²) in [6, 6.07) is 11.8. The molecule has 0 spiro atoms.